The van der Waals surface area contributed by atoms with E-state index in [9.17, 15) is 4.79 Å². The monoisotopic (exact) mass is 295 g/mol. The van der Waals surface area contributed by atoms with Gasteiger partial charge in [-0.05, 0) is 24.3 Å². The van der Waals surface area contributed by atoms with Gasteiger partial charge in [-0.1, -0.05) is 41.4 Å². The maximum absolute atomic E-state index is 11.7. The molecule has 0 radical (unpaired) electrons. The van der Waals surface area contributed by atoms with Crippen LogP contribution in [0.4, 0.5) is 11.4 Å². The number of para-hydroxylation sites is 2. The van der Waals surface area contributed by atoms with Crippen molar-refractivity contribution in [1.82, 2.24) is 0 Å². The molecule has 0 heterocycles. The number of anilines is 2. The molecule has 0 spiro atoms. The Morgan fingerprint density at radius 1 is 1.05 bits per heavy atom. The van der Waals surface area contributed by atoms with Crippen molar-refractivity contribution in [1.29, 1.82) is 0 Å². The molecule has 0 amide bonds. The van der Waals surface area contributed by atoms with Gasteiger partial charge in [-0.25, -0.2) is 4.79 Å². The Morgan fingerprint density at radius 2 is 1.68 bits per heavy atom. The van der Waals surface area contributed by atoms with Crippen molar-refractivity contribution < 1.29 is 9.53 Å². The minimum Gasteiger partial charge on any atom is -0.465 e. The van der Waals surface area contributed by atoms with Crippen molar-refractivity contribution in [2.24, 2.45) is 0 Å². The first-order chi connectivity index (χ1) is 9.13. The number of benzene rings is 2. The van der Waals surface area contributed by atoms with Gasteiger partial charge in [0.2, 0.25) is 0 Å². The standard InChI is InChI=1S/C14H11Cl2NO2/c1-19-14(18)9-5-2-3-8-12(9)17-13-10(15)6-4-7-11(13)16/h2-8,17H,1H3. The maximum Gasteiger partial charge on any atom is 0.339 e. The highest BCUT2D eigenvalue weighted by atomic mass is 35.5. The highest BCUT2D eigenvalue weighted by Gasteiger charge is 2.13. The molecular weight excluding hydrogens is 285 g/mol. The molecule has 3 nitrogen and oxygen atoms in total. The summed E-state index contributed by atoms with van der Waals surface area (Å²) in [5, 5.41) is 4.02. The molecule has 0 unspecified atom stereocenters. The highest BCUT2D eigenvalue weighted by molar-refractivity contribution is 6.39. The average molecular weight is 296 g/mol. The topological polar surface area (TPSA) is 38.3 Å². The summed E-state index contributed by atoms with van der Waals surface area (Å²) in [6, 6.07) is 12.2. The summed E-state index contributed by atoms with van der Waals surface area (Å²) >= 11 is 12.2. The lowest BCUT2D eigenvalue weighted by atomic mass is 10.1. The Kier molecular flexibility index (Phi) is 4.30. The van der Waals surface area contributed by atoms with E-state index in [4.69, 9.17) is 27.9 Å². The fourth-order valence-electron chi connectivity index (χ4n) is 1.63. The van der Waals surface area contributed by atoms with Crippen molar-refractivity contribution in [2.75, 3.05) is 12.4 Å². The van der Waals surface area contributed by atoms with Crippen LogP contribution in [0.25, 0.3) is 0 Å². The van der Waals surface area contributed by atoms with Gasteiger partial charge in [0, 0.05) is 0 Å². The van der Waals surface area contributed by atoms with E-state index in [0.29, 0.717) is 27.0 Å². The van der Waals surface area contributed by atoms with Crippen LogP contribution in [0.15, 0.2) is 42.5 Å². The number of rotatable bonds is 3. The molecule has 0 aliphatic rings. The van der Waals surface area contributed by atoms with Crippen LogP contribution in [0, 0.1) is 0 Å². The Bertz CT molecular complexity index is 594. The number of carbonyl (C=O) groups is 1. The quantitative estimate of drug-likeness (QED) is 0.846. The summed E-state index contributed by atoms with van der Waals surface area (Å²) in [4.78, 5) is 11.7. The molecular formula is C14H11Cl2NO2. The summed E-state index contributed by atoms with van der Waals surface area (Å²) in [6.45, 7) is 0. The van der Waals surface area contributed by atoms with Crippen LogP contribution in [-0.4, -0.2) is 13.1 Å². The lowest BCUT2D eigenvalue weighted by molar-refractivity contribution is 0.0602. The van der Waals surface area contributed by atoms with E-state index >= 15 is 0 Å². The average Bonchev–Trinajstić information content (AvgIpc) is 2.42. The molecule has 0 bridgehead atoms. The molecule has 1 N–H and O–H groups in total. The number of esters is 1. The summed E-state index contributed by atoms with van der Waals surface area (Å²) < 4.78 is 4.73. The summed E-state index contributed by atoms with van der Waals surface area (Å²) in [5.74, 6) is -0.425. The second-order valence-corrected chi connectivity index (χ2v) is 4.57. The van der Waals surface area contributed by atoms with Crippen LogP contribution in [0.5, 0.6) is 0 Å². The van der Waals surface area contributed by atoms with Gasteiger partial charge in [0.05, 0.1) is 34.1 Å². The molecule has 0 aliphatic carbocycles. The van der Waals surface area contributed by atoms with Gasteiger partial charge in [-0.3, -0.25) is 0 Å². The SMILES string of the molecule is COC(=O)c1ccccc1Nc1c(Cl)cccc1Cl. The third-order valence-corrected chi connectivity index (χ3v) is 3.18. The minimum atomic E-state index is -0.425. The van der Waals surface area contributed by atoms with E-state index in [2.05, 4.69) is 5.32 Å². The number of carbonyl (C=O) groups excluding carboxylic acids is 1. The van der Waals surface area contributed by atoms with Gasteiger partial charge in [-0.15, -0.1) is 0 Å². The van der Waals surface area contributed by atoms with Crippen LogP contribution in [0.1, 0.15) is 10.4 Å². The maximum atomic E-state index is 11.7. The van der Waals surface area contributed by atoms with Crippen molar-refractivity contribution in [2.45, 2.75) is 0 Å². The second kappa shape index (κ2) is 5.95. The van der Waals surface area contributed by atoms with E-state index in [1.807, 2.05) is 0 Å². The van der Waals surface area contributed by atoms with Crippen molar-refractivity contribution >= 4 is 40.5 Å². The van der Waals surface area contributed by atoms with Gasteiger partial charge < -0.3 is 10.1 Å². The molecule has 98 valence electrons. The van der Waals surface area contributed by atoms with Gasteiger partial charge in [-0.2, -0.15) is 0 Å². The summed E-state index contributed by atoms with van der Waals surface area (Å²) in [6.07, 6.45) is 0. The molecule has 2 rings (SSSR count). The van der Waals surface area contributed by atoms with E-state index in [-0.39, 0.29) is 0 Å². The second-order valence-electron chi connectivity index (χ2n) is 3.76. The van der Waals surface area contributed by atoms with Crippen LogP contribution >= 0.6 is 23.2 Å². The van der Waals surface area contributed by atoms with Gasteiger partial charge in [0.1, 0.15) is 0 Å². The molecule has 2 aromatic carbocycles. The van der Waals surface area contributed by atoms with Crippen LogP contribution in [0.3, 0.4) is 0 Å². The molecule has 0 saturated heterocycles. The predicted octanol–water partition coefficient (Wildman–Crippen LogP) is 4.52. The van der Waals surface area contributed by atoms with E-state index in [1.165, 1.54) is 7.11 Å². The first-order valence-electron chi connectivity index (χ1n) is 5.52. The zero-order valence-corrected chi connectivity index (χ0v) is 11.6. The lowest BCUT2D eigenvalue weighted by Crippen LogP contribution is -2.05. The molecule has 2 aromatic rings. The fourth-order valence-corrected chi connectivity index (χ4v) is 2.12. The van der Waals surface area contributed by atoms with Gasteiger partial charge in [0.25, 0.3) is 0 Å². The number of methoxy groups -OCH3 is 1. The highest BCUT2D eigenvalue weighted by Crippen LogP contribution is 2.33. The van der Waals surface area contributed by atoms with E-state index in [0.717, 1.165) is 0 Å². The zero-order valence-electron chi connectivity index (χ0n) is 10.1. The lowest BCUT2D eigenvalue weighted by Gasteiger charge is -2.13. The molecule has 0 aliphatic heterocycles. The molecule has 0 atom stereocenters. The first kappa shape index (κ1) is 13.7. The molecule has 0 fully saturated rings. The first-order valence-corrected chi connectivity index (χ1v) is 6.27. The smallest absolute Gasteiger partial charge is 0.339 e. The van der Waals surface area contributed by atoms with Gasteiger partial charge in [0.15, 0.2) is 0 Å². The number of hydrogen-bond acceptors (Lipinski definition) is 3. The number of hydrogen-bond donors (Lipinski definition) is 1. The van der Waals surface area contributed by atoms with Crippen LogP contribution in [-0.2, 0) is 4.74 Å². The third kappa shape index (κ3) is 3.00. The third-order valence-electron chi connectivity index (χ3n) is 2.55. The summed E-state index contributed by atoms with van der Waals surface area (Å²) in [7, 11) is 1.33. The normalized spacial score (nSPS) is 10.1. The fraction of sp³-hybridized carbons (Fsp3) is 0.0714. The van der Waals surface area contributed by atoms with E-state index in [1.54, 1.807) is 42.5 Å². The molecule has 19 heavy (non-hydrogen) atoms. The van der Waals surface area contributed by atoms with Gasteiger partial charge >= 0.3 is 5.97 Å². The minimum absolute atomic E-state index is 0.418. The van der Waals surface area contributed by atoms with Crippen molar-refractivity contribution in [3.05, 3.63) is 58.1 Å². The Morgan fingerprint density at radius 3 is 2.32 bits per heavy atom. The van der Waals surface area contributed by atoms with Crippen LogP contribution in [0.2, 0.25) is 10.0 Å². The Balaban J connectivity index is 2.42. The molecule has 0 saturated carbocycles. The Hall–Kier alpha value is -1.71. The molecule has 0 aromatic heterocycles. The summed E-state index contributed by atoms with van der Waals surface area (Å²) in [5.41, 5.74) is 1.56. The van der Waals surface area contributed by atoms with Crippen molar-refractivity contribution in [3.63, 3.8) is 0 Å². The Labute approximate surface area is 121 Å². The molecule has 5 heteroatoms. The van der Waals surface area contributed by atoms with E-state index < -0.39 is 5.97 Å². The van der Waals surface area contributed by atoms with Crippen molar-refractivity contribution in [3.8, 4) is 0 Å². The predicted molar refractivity (Wildman–Crippen MR) is 77.5 cm³/mol. The zero-order chi connectivity index (χ0) is 13.8. The largest absolute Gasteiger partial charge is 0.465 e. The van der Waals surface area contributed by atoms with Crippen LogP contribution < -0.4 is 5.32 Å². The number of halogens is 2. The number of ether oxygens (including phenoxy) is 1. The number of nitrogens with one attached hydrogen (secondary N) is 1.